The van der Waals surface area contributed by atoms with E-state index in [-0.39, 0.29) is 0 Å². The van der Waals surface area contributed by atoms with Crippen molar-refractivity contribution in [1.82, 2.24) is 0 Å². The number of hydrogen-bond donors (Lipinski definition) is 0. The van der Waals surface area contributed by atoms with E-state index in [1.54, 1.807) is 36.4 Å². The Morgan fingerprint density at radius 2 is 0.762 bits per heavy atom. The zero-order chi connectivity index (χ0) is 14.8. The number of benzene rings is 3. The van der Waals surface area contributed by atoms with Gasteiger partial charge >= 0.3 is 130 Å². The molecule has 3 rings (SSSR count). The van der Waals surface area contributed by atoms with Gasteiger partial charge in [-0.2, -0.15) is 0 Å². The molecule has 0 N–H and O–H groups in total. The number of rotatable bonds is 3. The minimum atomic E-state index is -5.37. The van der Waals surface area contributed by atoms with Crippen molar-refractivity contribution in [3.63, 3.8) is 0 Å². The van der Waals surface area contributed by atoms with Gasteiger partial charge < -0.3 is 0 Å². The third kappa shape index (κ3) is 2.39. The van der Waals surface area contributed by atoms with E-state index in [2.05, 4.69) is 0 Å². The number of halogens is 2. The minimum absolute atomic E-state index is 0.601. The summed E-state index contributed by atoms with van der Waals surface area (Å²) in [6.45, 7) is 0. The van der Waals surface area contributed by atoms with Crippen molar-refractivity contribution in [2.45, 2.75) is 0 Å². The standard InChI is InChI=1S/3C6H5.ClH.FH.Sb/c3*1-2-4-6-5-3-1;;;/h3*1-5H;2*1H;/q;;;;;+2/p-2. The van der Waals surface area contributed by atoms with Crippen LogP contribution in [0.25, 0.3) is 0 Å². The van der Waals surface area contributed by atoms with Gasteiger partial charge in [0.2, 0.25) is 0 Å². The summed E-state index contributed by atoms with van der Waals surface area (Å²) in [5.41, 5.74) is 0. The van der Waals surface area contributed by atoms with Gasteiger partial charge in [-0.3, -0.25) is 0 Å². The molecule has 106 valence electrons. The van der Waals surface area contributed by atoms with Crippen LogP contribution < -0.4 is 10.5 Å². The van der Waals surface area contributed by atoms with Crippen LogP contribution in [-0.4, -0.2) is 16.8 Å². The van der Waals surface area contributed by atoms with E-state index >= 15 is 2.81 Å². The zero-order valence-corrected chi connectivity index (χ0v) is 14.7. The predicted octanol–water partition coefficient (Wildman–Crippen LogP) is 3.31. The van der Waals surface area contributed by atoms with Crippen molar-refractivity contribution in [2.24, 2.45) is 0 Å². The van der Waals surface area contributed by atoms with Crippen molar-refractivity contribution in [1.29, 1.82) is 0 Å². The van der Waals surface area contributed by atoms with Crippen LogP contribution in [0.2, 0.25) is 0 Å². The normalized spacial score (nSPS) is 13.3. The Hall–Kier alpha value is -1.30. The van der Waals surface area contributed by atoms with Gasteiger partial charge in [-0.1, -0.05) is 0 Å². The molecule has 0 saturated carbocycles. The summed E-state index contributed by atoms with van der Waals surface area (Å²) in [4.78, 5) is 0. The van der Waals surface area contributed by atoms with Gasteiger partial charge in [0.05, 0.1) is 0 Å². The van der Waals surface area contributed by atoms with Crippen molar-refractivity contribution in [3.05, 3.63) is 91.0 Å². The molecule has 3 aromatic carbocycles. The van der Waals surface area contributed by atoms with E-state index in [9.17, 15) is 0 Å². The Morgan fingerprint density at radius 3 is 1.00 bits per heavy atom. The van der Waals surface area contributed by atoms with Crippen LogP contribution in [0.15, 0.2) is 91.0 Å². The van der Waals surface area contributed by atoms with Crippen LogP contribution in [0, 0.1) is 0 Å². The van der Waals surface area contributed by atoms with Crippen LogP contribution in [0.3, 0.4) is 0 Å². The Bertz CT molecular complexity index is 624. The molecule has 0 nitrogen and oxygen atoms in total. The van der Waals surface area contributed by atoms with Gasteiger partial charge in [-0.25, -0.2) is 0 Å². The van der Waals surface area contributed by atoms with Gasteiger partial charge in [0, 0.05) is 0 Å². The second-order valence-corrected chi connectivity index (χ2v) is 18.8. The van der Waals surface area contributed by atoms with Crippen LogP contribution >= 0.6 is 8.83 Å². The van der Waals surface area contributed by atoms with Crippen LogP contribution in [0.1, 0.15) is 0 Å². The number of hydrogen-bond acceptors (Lipinski definition) is 0. The maximum absolute atomic E-state index is 16.6. The zero-order valence-electron chi connectivity index (χ0n) is 11.4. The quantitative estimate of drug-likeness (QED) is 0.585. The fourth-order valence-corrected chi connectivity index (χ4v) is 13.3. The van der Waals surface area contributed by atoms with E-state index < -0.39 is 16.8 Å². The molecule has 0 atom stereocenters. The molecule has 3 heteroatoms. The van der Waals surface area contributed by atoms with Crippen LogP contribution in [0.5, 0.6) is 0 Å². The fourth-order valence-electron chi connectivity index (χ4n) is 2.52. The third-order valence-corrected chi connectivity index (χ3v) is 17.9. The maximum atomic E-state index is 16.6. The molecule has 0 radical (unpaired) electrons. The Labute approximate surface area is 129 Å². The summed E-state index contributed by atoms with van der Waals surface area (Å²) in [6.07, 6.45) is 0. The van der Waals surface area contributed by atoms with E-state index in [4.69, 9.17) is 8.83 Å². The Morgan fingerprint density at radius 1 is 0.524 bits per heavy atom. The molecule has 0 saturated heterocycles. The van der Waals surface area contributed by atoms with Crippen molar-refractivity contribution in [3.8, 4) is 0 Å². The molecular weight excluding hydrogens is 392 g/mol. The van der Waals surface area contributed by atoms with Gasteiger partial charge in [0.1, 0.15) is 0 Å². The first-order chi connectivity index (χ1) is 10.1. The predicted molar refractivity (Wildman–Crippen MR) is 90.9 cm³/mol. The molecule has 0 heterocycles. The molecule has 3 aromatic rings. The van der Waals surface area contributed by atoms with Gasteiger partial charge in [-0.15, -0.1) is 0 Å². The first kappa shape index (κ1) is 14.6. The first-order valence-corrected chi connectivity index (χ1v) is 14.8. The molecule has 0 bridgehead atoms. The molecule has 0 aliphatic rings. The van der Waals surface area contributed by atoms with Gasteiger partial charge in [-0.05, 0) is 0 Å². The Balaban J connectivity index is 2.36. The van der Waals surface area contributed by atoms with E-state index in [1.807, 2.05) is 54.6 Å². The van der Waals surface area contributed by atoms with E-state index in [0.29, 0.717) is 10.5 Å². The molecule has 0 unspecified atom stereocenters. The SMILES string of the molecule is [F][Sb]([Cl])([c]1ccccc1)([c]1ccccc1)[c]1ccccc1. The monoisotopic (exact) mass is 406 g/mol. The molecule has 0 fully saturated rings. The first-order valence-electron chi connectivity index (χ1n) is 6.74. The second-order valence-electron chi connectivity index (χ2n) is 4.91. The summed E-state index contributed by atoms with van der Waals surface area (Å²) in [6, 6.07) is 27.5. The Kier molecular flexibility index (Phi) is 3.82. The summed E-state index contributed by atoms with van der Waals surface area (Å²) < 4.78 is 18.4. The fraction of sp³-hybridized carbons (Fsp3) is 0. The van der Waals surface area contributed by atoms with Crippen LogP contribution in [-0.2, 0) is 0 Å². The average Bonchev–Trinajstić information content (AvgIpc) is 2.57. The summed E-state index contributed by atoms with van der Waals surface area (Å²) >= 11 is -5.37. The molecule has 0 aliphatic carbocycles. The summed E-state index contributed by atoms with van der Waals surface area (Å²) in [5.74, 6) is 0. The van der Waals surface area contributed by atoms with Crippen molar-refractivity contribution < 1.29 is 2.81 Å². The molecule has 0 aliphatic heterocycles. The van der Waals surface area contributed by atoms with Crippen LogP contribution in [0.4, 0.5) is 2.81 Å². The molecule has 0 spiro atoms. The molecule has 21 heavy (non-hydrogen) atoms. The molecular formula is C18H15ClFSb. The topological polar surface area (TPSA) is 0 Å². The van der Waals surface area contributed by atoms with Crippen molar-refractivity contribution >= 4 is 36.2 Å². The van der Waals surface area contributed by atoms with E-state index in [0.717, 1.165) is 0 Å². The average molecular weight is 408 g/mol. The summed E-state index contributed by atoms with van der Waals surface area (Å²) in [7, 11) is 6.91. The van der Waals surface area contributed by atoms with E-state index in [1.165, 1.54) is 0 Å². The van der Waals surface area contributed by atoms with Crippen molar-refractivity contribution in [2.75, 3.05) is 0 Å². The van der Waals surface area contributed by atoms with Gasteiger partial charge in [0.15, 0.2) is 0 Å². The summed E-state index contributed by atoms with van der Waals surface area (Å²) in [5, 5.41) is 0. The molecule has 0 aromatic heterocycles. The second kappa shape index (κ2) is 5.48. The van der Waals surface area contributed by atoms with Gasteiger partial charge in [0.25, 0.3) is 0 Å². The third-order valence-electron chi connectivity index (χ3n) is 3.63. The molecule has 0 amide bonds.